The van der Waals surface area contributed by atoms with E-state index in [-0.39, 0.29) is 18.1 Å². The third-order valence-electron chi connectivity index (χ3n) is 3.09. The molecule has 1 aromatic rings. The van der Waals surface area contributed by atoms with Crippen molar-refractivity contribution in [1.29, 1.82) is 0 Å². The average molecular weight is 317 g/mol. The van der Waals surface area contributed by atoms with E-state index >= 15 is 0 Å². The molecule has 0 unspecified atom stereocenters. The maximum Gasteiger partial charge on any atom is 0.238 e. The smallest absolute Gasteiger partial charge is 0.238 e. The van der Waals surface area contributed by atoms with Gasteiger partial charge in [-0.25, -0.2) is 0 Å². The molecule has 2 atom stereocenters. The maximum atomic E-state index is 12.1. The second-order valence-corrected chi connectivity index (χ2v) is 5.91. The largest absolute Gasteiger partial charge is 0.373 e. The van der Waals surface area contributed by atoms with Gasteiger partial charge in [0.2, 0.25) is 5.91 Å². The van der Waals surface area contributed by atoms with Crippen LogP contribution in [0.1, 0.15) is 13.8 Å². The Bertz CT molecular complexity index is 466. The molecule has 0 bridgehead atoms. The SMILES string of the molecule is C[C@@H]1CN(CC(=O)Nc2c(Cl)cccc2Cl)C[C@@H](C)O1. The van der Waals surface area contributed by atoms with E-state index < -0.39 is 0 Å². The number of halogens is 2. The van der Waals surface area contributed by atoms with Crippen LogP contribution in [0.3, 0.4) is 0 Å². The van der Waals surface area contributed by atoms with Crippen molar-refractivity contribution >= 4 is 34.8 Å². The number of rotatable bonds is 3. The number of amides is 1. The predicted molar refractivity (Wildman–Crippen MR) is 81.5 cm³/mol. The molecule has 1 saturated heterocycles. The quantitative estimate of drug-likeness (QED) is 0.932. The Labute approximate surface area is 129 Å². The molecular weight excluding hydrogens is 299 g/mol. The number of ether oxygens (including phenoxy) is 1. The third-order valence-corrected chi connectivity index (χ3v) is 3.72. The van der Waals surface area contributed by atoms with Gasteiger partial charge in [-0.05, 0) is 26.0 Å². The summed E-state index contributed by atoms with van der Waals surface area (Å²) in [5.41, 5.74) is 0.468. The summed E-state index contributed by atoms with van der Waals surface area (Å²) < 4.78 is 5.64. The van der Waals surface area contributed by atoms with E-state index in [2.05, 4.69) is 10.2 Å². The number of hydrogen-bond donors (Lipinski definition) is 1. The van der Waals surface area contributed by atoms with E-state index in [1.54, 1.807) is 18.2 Å². The van der Waals surface area contributed by atoms with Gasteiger partial charge in [0.1, 0.15) is 0 Å². The van der Waals surface area contributed by atoms with Gasteiger partial charge in [-0.3, -0.25) is 9.69 Å². The summed E-state index contributed by atoms with van der Waals surface area (Å²) in [7, 11) is 0. The minimum atomic E-state index is -0.124. The summed E-state index contributed by atoms with van der Waals surface area (Å²) in [6.45, 7) is 5.80. The number of para-hydroxylation sites is 1. The van der Waals surface area contributed by atoms with Crippen LogP contribution in [0, 0.1) is 0 Å². The summed E-state index contributed by atoms with van der Waals surface area (Å²) in [6.07, 6.45) is 0.269. The number of nitrogens with one attached hydrogen (secondary N) is 1. The van der Waals surface area contributed by atoms with Gasteiger partial charge in [0, 0.05) is 13.1 Å². The second kappa shape index (κ2) is 6.76. The first-order valence-corrected chi connectivity index (χ1v) is 7.33. The summed E-state index contributed by atoms with van der Waals surface area (Å²) in [6, 6.07) is 5.13. The zero-order valence-electron chi connectivity index (χ0n) is 11.5. The van der Waals surface area contributed by atoms with Crippen molar-refractivity contribution in [2.24, 2.45) is 0 Å². The molecule has 1 aliphatic rings. The highest BCUT2D eigenvalue weighted by Crippen LogP contribution is 2.29. The molecule has 1 fully saturated rings. The van der Waals surface area contributed by atoms with Crippen molar-refractivity contribution in [3.8, 4) is 0 Å². The third kappa shape index (κ3) is 4.09. The van der Waals surface area contributed by atoms with Gasteiger partial charge in [-0.1, -0.05) is 29.3 Å². The second-order valence-electron chi connectivity index (χ2n) is 5.10. The topological polar surface area (TPSA) is 41.6 Å². The highest BCUT2D eigenvalue weighted by molar-refractivity contribution is 6.39. The van der Waals surface area contributed by atoms with E-state index in [1.165, 1.54) is 0 Å². The van der Waals surface area contributed by atoms with E-state index in [9.17, 15) is 4.79 Å². The first-order valence-electron chi connectivity index (χ1n) is 6.57. The van der Waals surface area contributed by atoms with Gasteiger partial charge in [-0.15, -0.1) is 0 Å². The number of benzene rings is 1. The molecule has 2 rings (SSSR count). The van der Waals surface area contributed by atoms with Crippen LogP contribution in [-0.2, 0) is 9.53 Å². The molecule has 0 aliphatic carbocycles. The Morgan fingerprint density at radius 2 is 1.85 bits per heavy atom. The molecule has 1 amide bonds. The van der Waals surface area contributed by atoms with Crippen LogP contribution in [-0.4, -0.2) is 42.6 Å². The Morgan fingerprint density at radius 3 is 2.40 bits per heavy atom. The van der Waals surface area contributed by atoms with Crippen molar-refractivity contribution in [3.05, 3.63) is 28.2 Å². The fraction of sp³-hybridized carbons (Fsp3) is 0.500. The zero-order valence-corrected chi connectivity index (χ0v) is 13.0. The minimum Gasteiger partial charge on any atom is -0.373 e. The lowest BCUT2D eigenvalue weighted by atomic mass is 10.2. The minimum absolute atomic E-state index is 0.124. The normalized spacial score (nSPS) is 23.6. The van der Waals surface area contributed by atoms with Crippen molar-refractivity contribution in [3.63, 3.8) is 0 Å². The number of carbonyl (C=O) groups excluding carboxylic acids is 1. The Morgan fingerprint density at radius 1 is 1.30 bits per heavy atom. The molecule has 1 aliphatic heterocycles. The monoisotopic (exact) mass is 316 g/mol. The molecular formula is C14H18Cl2N2O2. The fourth-order valence-corrected chi connectivity index (χ4v) is 2.90. The number of anilines is 1. The first-order chi connectivity index (χ1) is 9.45. The lowest BCUT2D eigenvalue weighted by molar-refractivity contribution is -0.121. The van der Waals surface area contributed by atoms with Gasteiger partial charge >= 0.3 is 0 Å². The van der Waals surface area contributed by atoms with Crippen LogP contribution in [0.2, 0.25) is 10.0 Å². The standard InChI is InChI=1S/C14H18Cl2N2O2/c1-9-6-18(7-10(2)20-9)8-13(19)17-14-11(15)4-3-5-12(14)16/h3-5,9-10H,6-8H2,1-2H3,(H,17,19)/t9-,10-/m1/s1. The molecule has 110 valence electrons. The van der Waals surface area contributed by atoms with Gasteiger partial charge in [-0.2, -0.15) is 0 Å². The average Bonchev–Trinajstić information content (AvgIpc) is 2.32. The van der Waals surface area contributed by atoms with Crippen LogP contribution in [0.5, 0.6) is 0 Å². The Kier molecular flexibility index (Phi) is 5.27. The van der Waals surface area contributed by atoms with Crippen molar-refractivity contribution in [2.45, 2.75) is 26.1 Å². The van der Waals surface area contributed by atoms with Gasteiger partial charge in [0.15, 0.2) is 0 Å². The van der Waals surface area contributed by atoms with E-state index in [0.29, 0.717) is 22.3 Å². The zero-order chi connectivity index (χ0) is 14.7. The number of morpholine rings is 1. The van der Waals surface area contributed by atoms with E-state index in [4.69, 9.17) is 27.9 Å². The molecule has 1 heterocycles. The summed E-state index contributed by atoms with van der Waals surface area (Å²) >= 11 is 12.1. The Balaban J connectivity index is 1.95. The maximum absolute atomic E-state index is 12.1. The fourth-order valence-electron chi connectivity index (χ4n) is 2.41. The molecule has 0 spiro atoms. The molecule has 0 radical (unpaired) electrons. The van der Waals surface area contributed by atoms with Crippen LogP contribution >= 0.6 is 23.2 Å². The highest BCUT2D eigenvalue weighted by Gasteiger charge is 2.24. The van der Waals surface area contributed by atoms with E-state index in [0.717, 1.165) is 13.1 Å². The van der Waals surface area contributed by atoms with Gasteiger partial charge in [0.25, 0.3) is 0 Å². The first kappa shape index (κ1) is 15.6. The molecule has 0 aromatic heterocycles. The molecule has 20 heavy (non-hydrogen) atoms. The van der Waals surface area contributed by atoms with Crippen molar-refractivity contribution in [1.82, 2.24) is 4.90 Å². The molecule has 1 N–H and O–H groups in total. The summed E-state index contributed by atoms with van der Waals surface area (Å²) in [4.78, 5) is 14.2. The molecule has 1 aromatic carbocycles. The number of nitrogens with zero attached hydrogens (tertiary/aromatic N) is 1. The predicted octanol–water partition coefficient (Wildman–Crippen LogP) is 3.04. The number of carbonyl (C=O) groups is 1. The molecule has 0 saturated carbocycles. The van der Waals surface area contributed by atoms with Crippen LogP contribution < -0.4 is 5.32 Å². The van der Waals surface area contributed by atoms with Crippen molar-refractivity contribution in [2.75, 3.05) is 25.0 Å². The number of hydrogen-bond acceptors (Lipinski definition) is 3. The lowest BCUT2D eigenvalue weighted by Crippen LogP contribution is -2.48. The van der Waals surface area contributed by atoms with E-state index in [1.807, 2.05) is 13.8 Å². The molecule has 6 heteroatoms. The van der Waals surface area contributed by atoms with Crippen LogP contribution in [0.4, 0.5) is 5.69 Å². The van der Waals surface area contributed by atoms with Gasteiger partial charge in [0.05, 0.1) is 34.5 Å². The van der Waals surface area contributed by atoms with Crippen molar-refractivity contribution < 1.29 is 9.53 Å². The summed E-state index contributed by atoms with van der Waals surface area (Å²) in [5, 5.41) is 3.65. The van der Waals surface area contributed by atoms with Gasteiger partial charge < -0.3 is 10.1 Å². The Hall–Kier alpha value is -0.810. The molecule has 4 nitrogen and oxygen atoms in total. The van der Waals surface area contributed by atoms with Crippen LogP contribution in [0.25, 0.3) is 0 Å². The van der Waals surface area contributed by atoms with Crippen LogP contribution in [0.15, 0.2) is 18.2 Å². The highest BCUT2D eigenvalue weighted by atomic mass is 35.5. The summed E-state index contributed by atoms with van der Waals surface area (Å²) in [5.74, 6) is -0.124. The lowest BCUT2D eigenvalue weighted by Gasteiger charge is -2.34.